The number of aryl methyl sites for hydroxylation is 1. The van der Waals surface area contributed by atoms with E-state index in [1.807, 2.05) is 6.07 Å². The van der Waals surface area contributed by atoms with Gasteiger partial charge in [0.1, 0.15) is 0 Å². The van der Waals surface area contributed by atoms with E-state index in [1.54, 1.807) is 24.9 Å². The Hall–Kier alpha value is -1.53. The molecule has 0 aromatic carbocycles. The SMILES string of the molecule is COc1cc(CNc2cc(Cl)nnc2Cl)nn1C. The van der Waals surface area contributed by atoms with Crippen molar-refractivity contribution in [1.82, 2.24) is 20.0 Å². The number of hydrogen-bond donors (Lipinski definition) is 1. The molecule has 8 heteroatoms. The van der Waals surface area contributed by atoms with Crippen LogP contribution in [0, 0.1) is 0 Å². The highest BCUT2D eigenvalue weighted by Crippen LogP contribution is 2.21. The van der Waals surface area contributed by atoms with Crippen molar-refractivity contribution in [3.63, 3.8) is 0 Å². The van der Waals surface area contributed by atoms with Crippen molar-refractivity contribution in [2.75, 3.05) is 12.4 Å². The number of nitrogens with one attached hydrogen (secondary N) is 1. The van der Waals surface area contributed by atoms with Crippen LogP contribution in [0.3, 0.4) is 0 Å². The highest BCUT2D eigenvalue weighted by atomic mass is 35.5. The number of aromatic nitrogens is 4. The molecular formula is C10H11Cl2N5O. The van der Waals surface area contributed by atoms with Crippen LogP contribution in [0.2, 0.25) is 10.3 Å². The van der Waals surface area contributed by atoms with E-state index in [0.717, 1.165) is 5.69 Å². The lowest BCUT2D eigenvalue weighted by molar-refractivity contribution is 0.373. The molecule has 0 aliphatic rings. The Morgan fingerprint density at radius 1 is 1.33 bits per heavy atom. The van der Waals surface area contributed by atoms with Crippen LogP contribution in [-0.4, -0.2) is 27.1 Å². The van der Waals surface area contributed by atoms with Crippen molar-refractivity contribution in [2.24, 2.45) is 7.05 Å². The third kappa shape index (κ3) is 2.83. The van der Waals surface area contributed by atoms with E-state index >= 15 is 0 Å². The quantitative estimate of drug-likeness (QED) is 0.933. The van der Waals surface area contributed by atoms with E-state index in [9.17, 15) is 0 Å². The molecule has 1 N–H and O–H groups in total. The van der Waals surface area contributed by atoms with Crippen LogP contribution in [0.25, 0.3) is 0 Å². The van der Waals surface area contributed by atoms with Gasteiger partial charge < -0.3 is 10.1 Å². The van der Waals surface area contributed by atoms with Gasteiger partial charge in [0.05, 0.1) is 25.0 Å². The number of halogens is 2. The Morgan fingerprint density at radius 2 is 2.11 bits per heavy atom. The number of ether oxygens (including phenoxy) is 1. The van der Waals surface area contributed by atoms with Crippen LogP contribution >= 0.6 is 23.2 Å². The molecule has 0 atom stereocenters. The van der Waals surface area contributed by atoms with Crippen LogP contribution in [-0.2, 0) is 13.6 Å². The van der Waals surface area contributed by atoms with Gasteiger partial charge in [0.25, 0.3) is 0 Å². The van der Waals surface area contributed by atoms with Crippen molar-refractivity contribution in [3.05, 3.63) is 28.1 Å². The fraction of sp³-hybridized carbons (Fsp3) is 0.300. The summed E-state index contributed by atoms with van der Waals surface area (Å²) in [6.45, 7) is 0.485. The first-order valence-electron chi connectivity index (χ1n) is 5.09. The molecule has 2 rings (SSSR count). The number of methoxy groups -OCH3 is 1. The third-order valence-electron chi connectivity index (χ3n) is 2.28. The number of anilines is 1. The highest BCUT2D eigenvalue weighted by Gasteiger charge is 2.07. The van der Waals surface area contributed by atoms with Gasteiger partial charge in [-0.25, -0.2) is 4.68 Å². The fourth-order valence-corrected chi connectivity index (χ4v) is 1.75. The molecule has 0 bridgehead atoms. The van der Waals surface area contributed by atoms with Gasteiger partial charge in [-0.3, -0.25) is 0 Å². The maximum absolute atomic E-state index is 5.88. The minimum atomic E-state index is 0.266. The van der Waals surface area contributed by atoms with Gasteiger partial charge in [0.15, 0.2) is 10.3 Å². The average Bonchev–Trinajstić information content (AvgIpc) is 2.71. The third-order valence-corrected chi connectivity index (χ3v) is 2.74. The number of hydrogen-bond acceptors (Lipinski definition) is 5. The van der Waals surface area contributed by atoms with E-state index in [4.69, 9.17) is 27.9 Å². The summed E-state index contributed by atoms with van der Waals surface area (Å²) in [6.07, 6.45) is 0. The maximum atomic E-state index is 5.88. The van der Waals surface area contributed by atoms with Crippen molar-refractivity contribution in [1.29, 1.82) is 0 Å². The molecule has 0 fully saturated rings. The van der Waals surface area contributed by atoms with Gasteiger partial charge in [0.2, 0.25) is 5.88 Å². The molecule has 0 aliphatic heterocycles. The fourth-order valence-electron chi connectivity index (χ4n) is 1.45. The lowest BCUT2D eigenvalue weighted by Crippen LogP contribution is -2.03. The molecule has 0 spiro atoms. The normalized spacial score (nSPS) is 10.4. The summed E-state index contributed by atoms with van der Waals surface area (Å²) in [5.41, 5.74) is 1.43. The standard InChI is InChI=1S/C10H11Cl2N5O/c1-17-9(18-2)3-6(16-17)5-13-7-4-8(11)14-15-10(7)12/h3-4H,5H2,1-2H3,(H,13,14). The Labute approximate surface area is 114 Å². The summed E-state index contributed by atoms with van der Waals surface area (Å²) in [6, 6.07) is 3.44. The minimum absolute atomic E-state index is 0.266. The first-order chi connectivity index (χ1) is 8.60. The molecule has 6 nitrogen and oxygen atoms in total. The topological polar surface area (TPSA) is 64.9 Å². The second-order valence-electron chi connectivity index (χ2n) is 3.53. The van der Waals surface area contributed by atoms with Crippen molar-refractivity contribution in [2.45, 2.75) is 6.54 Å². The molecule has 96 valence electrons. The van der Waals surface area contributed by atoms with Crippen molar-refractivity contribution >= 4 is 28.9 Å². The molecule has 0 radical (unpaired) electrons. The predicted octanol–water partition coefficient (Wildman–Crippen LogP) is 2.14. The Morgan fingerprint density at radius 3 is 2.78 bits per heavy atom. The summed E-state index contributed by atoms with van der Waals surface area (Å²) in [5.74, 6) is 0.684. The summed E-state index contributed by atoms with van der Waals surface area (Å²) in [7, 11) is 3.40. The molecule has 18 heavy (non-hydrogen) atoms. The Balaban J connectivity index is 2.08. The first kappa shape index (κ1) is 12.9. The minimum Gasteiger partial charge on any atom is -0.481 e. The van der Waals surface area contributed by atoms with E-state index in [1.165, 1.54) is 0 Å². The average molecular weight is 288 g/mol. The molecule has 0 unspecified atom stereocenters. The van der Waals surface area contributed by atoms with Gasteiger partial charge in [-0.15, -0.1) is 10.2 Å². The zero-order chi connectivity index (χ0) is 13.1. The summed E-state index contributed by atoms with van der Waals surface area (Å²) >= 11 is 11.6. The highest BCUT2D eigenvalue weighted by molar-refractivity contribution is 6.33. The molecule has 2 heterocycles. The molecule has 2 aromatic heterocycles. The first-order valence-corrected chi connectivity index (χ1v) is 5.85. The molecular weight excluding hydrogens is 277 g/mol. The number of rotatable bonds is 4. The maximum Gasteiger partial charge on any atom is 0.211 e. The lowest BCUT2D eigenvalue weighted by Gasteiger charge is -2.05. The monoisotopic (exact) mass is 287 g/mol. The van der Waals surface area contributed by atoms with E-state index in [2.05, 4.69) is 20.6 Å². The van der Waals surface area contributed by atoms with Gasteiger partial charge in [0, 0.05) is 19.2 Å². The summed E-state index contributed by atoms with van der Waals surface area (Å²) in [5, 5.41) is 15.2. The Bertz CT molecular complexity index is 557. The van der Waals surface area contributed by atoms with Crippen LogP contribution in [0.1, 0.15) is 5.69 Å². The molecule has 0 saturated heterocycles. The van der Waals surface area contributed by atoms with Crippen molar-refractivity contribution < 1.29 is 4.74 Å². The summed E-state index contributed by atoms with van der Waals surface area (Å²) < 4.78 is 6.77. The molecule has 0 aliphatic carbocycles. The van der Waals surface area contributed by atoms with Gasteiger partial charge in [-0.2, -0.15) is 5.10 Å². The molecule has 2 aromatic rings. The second kappa shape index (κ2) is 5.41. The zero-order valence-electron chi connectivity index (χ0n) is 9.81. The lowest BCUT2D eigenvalue weighted by atomic mass is 10.4. The van der Waals surface area contributed by atoms with Crippen LogP contribution < -0.4 is 10.1 Å². The largest absolute Gasteiger partial charge is 0.481 e. The van der Waals surface area contributed by atoms with E-state index in [0.29, 0.717) is 18.1 Å². The smallest absolute Gasteiger partial charge is 0.211 e. The second-order valence-corrected chi connectivity index (χ2v) is 4.27. The van der Waals surface area contributed by atoms with Crippen LogP contribution in [0.5, 0.6) is 5.88 Å². The van der Waals surface area contributed by atoms with Gasteiger partial charge in [-0.05, 0) is 0 Å². The van der Waals surface area contributed by atoms with Crippen molar-refractivity contribution in [3.8, 4) is 5.88 Å². The van der Waals surface area contributed by atoms with Gasteiger partial charge >= 0.3 is 0 Å². The van der Waals surface area contributed by atoms with Gasteiger partial charge in [-0.1, -0.05) is 23.2 Å². The zero-order valence-corrected chi connectivity index (χ0v) is 11.3. The van der Waals surface area contributed by atoms with Crippen LogP contribution in [0.4, 0.5) is 5.69 Å². The van der Waals surface area contributed by atoms with E-state index in [-0.39, 0.29) is 10.3 Å². The van der Waals surface area contributed by atoms with Crippen LogP contribution in [0.15, 0.2) is 12.1 Å². The summed E-state index contributed by atoms with van der Waals surface area (Å²) in [4.78, 5) is 0. The molecule has 0 amide bonds. The molecule has 0 saturated carbocycles. The number of nitrogens with zero attached hydrogens (tertiary/aromatic N) is 4. The van der Waals surface area contributed by atoms with E-state index < -0.39 is 0 Å². The Kier molecular flexibility index (Phi) is 3.88. The predicted molar refractivity (Wildman–Crippen MR) is 69.1 cm³/mol.